The van der Waals surface area contributed by atoms with Crippen molar-refractivity contribution in [3.8, 4) is 11.5 Å². The molecule has 0 aliphatic carbocycles. The average molecular weight is 262 g/mol. The molecular weight excluding hydrogens is 244 g/mol. The molecule has 5 heteroatoms. The quantitative estimate of drug-likeness (QED) is 0.855. The van der Waals surface area contributed by atoms with Gasteiger partial charge in [0, 0.05) is 25.2 Å². The fourth-order valence-corrected chi connectivity index (χ4v) is 2.50. The molecule has 0 spiro atoms. The fourth-order valence-electron chi connectivity index (χ4n) is 2.50. The van der Waals surface area contributed by atoms with Crippen molar-refractivity contribution in [3.05, 3.63) is 23.8 Å². The first kappa shape index (κ1) is 12.3. The number of benzene rings is 1. The number of hydrogen-bond donors (Lipinski definition) is 1. The van der Waals surface area contributed by atoms with Crippen molar-refractivity contribution in [1.82, 2.24) is 10.2 Å². The first-order chi connectivity index (χ1) is 9.34. The zero-order chi connectivity index (χ0) is 13.1. The Kier molecular flexibility index (Phi) is 3.55. The van der Waals surface area contributed by atoms with E-state index in [4.69, 9.17) is 9.47 Å². The highest BCUT2D eigenvalue weighted by Crippen LogP contribution is 2.35. The van der Waals surface area contributed by atoms with E-state index in [1.807, 2.05) is 23.1 Å². The Morgan fingerprint density at radius 2 is 2.21 bits per heavy atom. The SMILES string of the molecule is O=C(Cc1cccc2c1OCO2)N1CCCNCC1. The molecule has 2 aliphatic heterocycles. The molecule has 0 saturated carbocycles. The van der Waals surface area contributed by atoms with E-state index < -0.39 is 0 Å². The van der Waals surface area contributed by atoms with Crippen molar-refractivity contribution >= 4 is 5.91 Å². The molecule has 19 heavy (non-hydrogen) atoms. The van der Waals surface area contributed by atoms with Crippen molar-refractivity contribution in [2.75, 3.05) is 33.0 Å². The van der Waals surface area contributed by atoms with Gasteiger partial charge in [-0.2, -0.15) is 0 Å². The van der Waals surface area contributed by atoms with Gasteiger partial charge in [0.25, 0.3) is 0 Å². The summed E-state index contributed by atoms with van der Waals surface area (Å²) in [6, 6.07) is 5.70. The molecule has 0 bridgehead atoms. The van der Waals surface area contributed by atoms with E-state index in [1.165, 1.54) is 0 Å². The highest BCUT2D eigenvalue weighted by molar-refractivity contribution is 5.80. The molecule has 1 N–H and O–H groups in total. The third-order valence-electron chi connectivity index (χ3n) is 3.51. The van der Waals surface area contributed by atoms with Crippen LogP contribution >= 0.6 is 0 Å². The summed E-state index contributed by atoms with van der Waals surface area (Å²) < 4.78 is 10.8. The van der Waals surface area contributed by atoms with Gasteiger partial charge in [-0.05, 0) is 19.0 Å². The Bertz CT molecular complexity index is 468. The van der Waals surface area contributed by atoms with Crippen LogP contribution in [-0.4, -0.2) is 43.8 Å². The maximum absolute atomic E-state index is 12.3. The van der Waals surface area contributed by atoms with Crippen LogP contribution in [0.1, 0.15) is 12.0 Å². The van der Waals surface area contributed by atoms with E-state index in [0.717, 1.165) is 49.7 Å². The lowest BCUT2D eigenvalue weighted by atomic mass is 10.1. The van der Waals surface area contributed by atoms with Gasteiger partial charge in [0.2, 0.25) is 12.7 Å². The molecule has 0 atom stereocenters. The number of carbonyl (C=O) groups is 1. The van der Waals surface area contributed by atoms with Gasteiger partial charge in [-0.3, -0.25) is 4.79 Å². The summed E-state index contributed by atoms with van der Waals surface area (Å²) in [5.74, 6) is 1.62. The van der Waals surface area contributed by atoms with Crippen LogP contribution in [0.2, 0.25) is 0 Å². The van der Waals surface area contributed by atoms with Crippen LogP contribution in [0.15, 0.2) is 18.2 Å². The Morgan fingerprint density at radius 1 is 1.26 bits per heavy atom. The van der Waals surface area contributed by atoms with Crippen molar-refractivity contribution in [3.63, 3.8) is 0 Å². The lowest BCUT2D eigenvalue weighted by Crippen LogP contribution is -2.35. The van der Waals surface area contributed by atoms with Crippen molar-refractivity contribution in [2.45, 2.75) is 12.8 Å². The number of nitrogens with one attached hydrogen (secondary N) is 1. The van der Waals surface area contributed by atoms with E-state index in [-0.39, 0.29) is 12.7 Å². The first-order valence-corrected chi connectivity index (χ1v) is 6.70. The van der Waals surface area contributed by atoms with Gasteiger partial charge in [-0.1, -0.05) is 12.1 Å². The summed E-state index contributed by atoms with van der Waals surface area (Å²) in [6.45, 7) is 3.72. The van der Waals surface area contributed by atoms with Crippen LogP contribution in [0.3, 0.4) is 0 Å². The van der Waals surface area contributed by atoms with Gasteiger partial charge in [0.05, 0.1) is 6.42 Å². The molecule has 2 heterocycles. The van der Waals surface area contributed by atoms with Crippen molar-refractivity contribution in [2.24, 2.45) is 0 Å². The summed E-state index contributed by atoms with van der Waals surface area (Å²) in [7, 11) is 0. The Morgan fingerprint density at radius 3 is 3.16 bits per heavy atom. The average Bonchev–Trinajstić information content (AvgIpc) is 2.73. The van der Waals surface area contributed by atoms with E-state index >= 15 is 0 Å². The second-order valence-corrected chi connectivity index (χ2v) is 4.81. The zero-order valence-electron chi connectivity index (χ0n) is 10.9. The largest absolute Gasteiger partial charge is 0.454 e. The lowest BCUT2D eigenvalue weighted by Gasteiger charge is -2.20. The summed E-state index contributed by atoms with van der Waals surface area (Å²) in [5, 5.41) is 3.30. The molecule has 1 aromatic rings. The Hall–Kier alpha value is -1.75. The van der Waals surface area contributed by atoms with Crippen molar-refractivity contribution in [1.29, 1.82) is 0 Å². The van der Waals surface area contributed by atoms with E-state index in [2.05, 4.69) is 5.32 Å². The predicted octanol–water partition coefficient (Wildman–Crippen LogP) is 0.780. The number of rotatable bonds is 2. The highest BCUT2D eigenvalue weighted by Gasteiger charge is 2.21. The molecule has 1 amide bonds. The summed E-state index contributed by atoms with van der Waals surface area (Å²) in [5.41, 5.74) is 0.914. The number of hydrogen-bond acceptors (Lipinski definition) is 4. The third kappa shape index (κ3) is 2.66. The molecule has 102 valence electrons. The molecule has 0 radical (unpaired) electrons. The molecule has 0 aromatic heterocycles. The number of para-hydroxylation sites is 1. The molecule has 1 fully saturated rings. The monoisotopic (exact) mass is 262 g/mol. The van der Waals surface area contributed by atoms with Gasteiger partial charge >= 0.3 is 0 Å². The van der Waals surface area contributed by atoms with Crippen LogP contribution in [0.5, 0.6) is 11.5 Å². The van der Waals surface area contributed by atoms with Crippen LogP contribution < -0.4 is 14.8 Å². The minimum atomic E-state index is 0.160. The minimum absolute atomic E-state index is 0.160. The van der Waals surface area contributed by atoms with Gasteiger partial charge in [-0.25, -0.2) is 0 Å². The minimum Gasteiger partial charge on any atom is -0.454 e. The highest BCUT2D eigenvalue weighted by atomic mass is 16.7. The molecule has 5 nitrogen and oxygen atoms in total. The first-order valence-electron chi connectivity index (χ1n) is 6.70. The van der Waals surface area contributed by atoms with Gasteiger partial charge in [0.1, 0.15) is 0 Å². The molecule has 1 aromatic carbocycles. The molecule has 0 unspecified atom stereocenters. The third-order valence-corrected chi connectivity index (χ3v) is 3.51. The Labute approximate surface area is 112 Å². The number of fused-ring (bicyclic) bond motifs is 1. The maximum atomic E-state index is 12.3. The van der Waals surface area contributed by atoms with Crippen LogP contribution in [0.25, 0.3) is 0 Å². The zero-order valence-corrected chi connectivity index (χ0v) is 10.9. The standard InChI is InChI=1S/C14H18N2O3/c17-13(16-7-2-5-15-6-8-16)9-11-3-1-4-12-14(11)19-10-18-12/h1,3-4,15H,2,5-10H2. The maximum Gasteiger partial charge on any atom is 0.231 e. The predicted molar refractivity (Wildman–Crippen MR) is 70.3 cm³/mol. The Balaban J connectivity index is 1.71. The van der Waals surface area contributed by atoms with Crippen molar-refractivity contribution < 1.29 is 14.3 Å². The van der Waals surface area contributed by atoms with Gasteiger partial charge in [0.15, 0.2) is 11.5 Å². The molecule has 1 saturated heterocycles. The topological polar surface area (TPSA) is 50.8 Å². The lowest BCUT2D eigenvalue weighted by molar-refractivity contribution is -0.130. The summed E-state index contributed by atoms with van der Waals surface area (Å²) >= 11 is 0. The molecular formula is C14H18N2O3. The fraction of sp³-hybridized carbons (Fsp3) is 0.500. The van der Waals surface area contributed by atoms with Crippen LogP contribution in [-0.2, 0) is 11.2 Å². The van der Waals surface area contributed by atoms with E-state index in [1.54, 1.807) is 0 Å². The smallest absolute Gasteiger partial charge is 0.231 e. The van der Waals surface area contributed by atoms with E-state index in [9.17, 15) is 4.79 Å². The van der Waals surface area contributed by atoms with Gasteiger partial charge < -0.3 is 19.7 Å². The number of nitrogens with zero attached hydrogens (tertiary/aromatic N) is 1. The number of ether oxygens (including phenoxy) is 2. The second-order valence-electron chi connectivity index (χ2n) is 4.81. The van der Waals surface area contributed by atoms with Crippen LogP contribution in [0, 0.1) is 0 Å². The van der Waals surface area contributed by atoms with E-state index in [0.29, 0.717) is 6.42 Å². The number of amides is 1. The number of carbonyl (C=O) groups excluding carboxylic acids is 1. The molecule has 3 rings (SSSR count). The van der Waals surface area contributed by atoms with Crippen LogP contribution in [0.4, 0.5) is 0 Å². The summed E-state index contributed by atoms with van der Waals surface area (Å²) in [4.78, 5) is 14.2. The summed E-state index contributed by atoms with van der Waals surface area (Å²) in [6.07, 6.45) is 1.39. The second kappa shape index (κ2) is 5.48. The molecule has 2 aliphatic rings. The normalized spacial score (nSPS) is 18.2. The van der Waals surface area contributed by atoms with Gasteiger partial charge in [-0.15, -0.1) is 0 Å².